The van der Waals surface area contributed by atoms with Gasteiger partial charge in [-0.1, -0.05) is 11.6 Å². The van der Waals surface area contributed by atoms with Crippen LogP contribution < -0.4 is 11.3 Å². The highest BCUT2D eigenvalue weighted by Gasteiger charge is 2.28. The number of fused-ring (bicyclic) bond motifs is 1. The van der Waals surface area contributed by atoms with Crippen molar-refractivity contribution in [3.8, 4) is 28.2 Å². The zero-order valence-corrected chi connectivity index (χ0v) is 18.4. The van der Waals surface area contributed by atoms with Crippen LogP contribution >= 0.6 is 11.6 Å². The van der Waals surface area contributed by atoms with Crippen LogP contribution in [0.2, 0.25) is 5.02 Å². The van der Waals surface area contributed by atoms with Crippen LogP contribution in [0.1, 0.15) is 24.0 Å². The molecule has 1 atom stereocenters. The van der Waals surface area contributed by atoms with Crippen LogP contribution in [-0.2, 0) is 6.42 Å². The highest BCUT2D eigenvalue weighted by Crippen LogP contribution is 2.34. The first-order chi connectivity index (χ1) is 16.6. The van der Waals surface area contributed by atoms with Gasteiger partial charge in [0.1, 0.15) is 23.7 Å². The molecule has 0 amide bonds. The Bertz CT molecular complexity index is 1560. The number of nitrogens with one attached hydrogen (secondary N) is 1. The Kier molecular flexibility index (Phi) is 4.69. The lowest BCUT2D eigenvalue weighted by Gasteiger charge is -2.15. The number of anilines is 1. The van der Waals surface area contributed by atoms with Crippen molar-refractivity contribution in [2.75, 3.05) is 5.73 Å². The summed E-state index contributed by atoms with van der Waals surface area (Å²) in [6.07, 6.45) is 4.67. The van der Waals surface area contributed by atoms with E-state index in [4.69, 9.17) is 17.3 Å². The summed E-state index contributed by atoms with van der Waals surface area (Å²) in [6, 6.07) is 12.3. The van der Waals surface area contributed by atoms with Crippen molar-refractivity contribution in [2.24, 2.45) is 0 Å². The minimum atomic E-state index is -0.203. The summed E-state index contributed by atoms with van der Waals surface area (Å²) in [4.78, 5) is 21.1. The lowest BCUT2D eigenvalue weighted by molar-refractivity contribution is 0.572. The molecule has 1 aromatic carbocycles. The molecule has 0 radical (unpaired) electrons. The summed E-state index contributed by atoms with van der Waals surface area (Å²) >= 11 is 6.28. The van der Waals surface area contributed by atoms with E-state index in [1.165, 1.54) is 6.33 Å². The SMILES string of the molecule is Nc1ccc(-c2cnc([C@@H]3CCc4cc(-c5cc(Cl)ccc5-n5cnnn5)cc(=O)n43)[nH]2)nn1. The number of imidazole rings is 1. The van der Waals surface area contributed by atoms with Crippen LogP contribution in [0.4, 0.5) is 5.82 Å². The minimum absolute atomic E-state index is 0.122. The number of nitrogen functional groups attached to an aromatic ring is 1. The molecule has 34 heavy (non-hydrogen) atoms. The number of tetrazole rings is 1. The van der Waals surface area contributed by atoms with Crippen LogP contribution in [0.15, 0.2) is 59.8 Å². The number of H-pyrrole nitrogens is 1. The van der Waals surface area contributed by atoms with Crippen molar-refractivity contribution in [1.29, 1.82) is 0 Å². The summed E-state index contributed by atoms with van der Waals surface area (Å²) < 4.78 is 3.33. The Morgan fingerprint density at radius 1 is 1.12 bits per heavy atom. The van der Waals surface area contributed by atoms with Gasteiger partial charge in [0.25, 0.3) is 5.56 Å². The normalized spacial score (nSPS) is 14.9. The number of hydrogen-bond donors (Lipinski definition) is 2. The summed E-state index contributed by atoms with van der Waals surface area (Å²) in [6.45, 7) is 0. The Hall–Kier alpha value is -4.38. The summed E-state index contributed by atoms with van der Waals surface area (Å²) in [7, 11) is 0. The zero-order valence-electron chi connectivity index (χ0n) is 17.6. The highest BCUT2D eigenvalue weighted by atomic mass is 35.5. The van der Waals surface area contributed by atoms with E-state index >= 15 is 0 Å². The van der Waals surface area contributed by atoms with Crippen molar-refractivity contribution < 1.29 is 0 Å². The molecule has 6 rings (SSSR count). The fraction of sp³-hybridized carbons (Fsp3) is 0.136. The standard InChI is InChI=1S/C22H17ClN10O/c23-13-1-4-18(32-11-26-30-31-32)15(9-13)12-7-14-2-5-19(33(14)21(34)8-12)22-25-10-17(27-22)16-3-6-20(24)29-28-16/h1,3-4,6-11,19H,2,5H2,(H2,24,29)(H,25,27)/t19-/m0/s1. The van der Waals surface area contributed by atoms with E-state index in [9.17, 15) is 4.79 Å². The number of pyridine rings is 1. The molecule has 168 valence electrons. The van der Waals surface area contributed by atoms with Gasteiger partial charge >= 0.3 is 0 Å². The van der Waals surface area contributed by atoms with E-state index in [1.807, 2.05) is 18.2 Å². The van der Waals surface area contributed by atoms with E-state index in [1.54, 1.807) is 39.7 Å². The Morgan fingerprint density at radius 3 is 2.82 bits per heavy atom. The van der Waals surface area contributed by atoms with Crippen LogP contribution in [0.25, 0.3) is 28.2 Å². The second-order valence-electron chi connectivity index (χ2n) is 7.94. The van der Waals surface area contributed by atoms with Gasteiger partial charge in [0.2, 0.25) is 0 Å². The molecule has 0 saturated carbocycles. The number of nitrogens with zero attached hydrogens (tertiary/aromatic N) is 8. The Morgan fingerprint density at radius 2 is 2.03 bits per heavy atom. The molecule has 4 aromatic heterocycles. The molecule has 0 unspecified atom stereocenters. The number of aromatic nitrogens is 9. The van der Waals surface area contributed by atoms with Gasteiger partial charge in [-0.2, -0.15) is 4.68 Å². The number of nitrogens with two attached hydrogens (primary N) is 1. The molecule has 1 aliphatic rings. The average Bonchev–Trinajstić information content (AvgIpc) is 3.60. The fourth-order valence-electron chi connectivity index (χ4n) is 4.34. The van der Waals surface area contributed by atoms with E-state index in [0.29, 0.717) is 28.1 Å². The van der Waals surface area contributed by atoms with Crippen molar-refractivity contribution >= 4 is 17.4 Å². The van der Waals surface area contributed by atoms with Crippen LogP contribution in [0, 0.1) is 0 Å². The maximum Gasteiger partial charge on any atom is 0.252 e. The van der Waals surface area contributed by atoms with Gasteiger partial charge < -0.3 is 15.3 Å². The molecule has 0 aliphatic carbocycles. The van der Waals surface area contributed by atoms with Crippen LogP contribution in [0.3, 0.4) is 0 Å². The molecule has 0 saturated heterocycles. The molecule has 12 heteroatoms. The first-order valence-corrected chi connectivity index (χ1v) is 10.9. The predicted octanol–water partition coefficient (Wildman–Crippen LogP) is 2.44. The smallest absolute Gasteiger partial charge is 0.252 e. The van der Waals surface area contributed by atoms with Gasteiger partial charge in [-0.05, 0) is 65.2 Å². The van der Waals surface area contributed by atoms with Crippen LogP contribution in [0.5, 0.6) is 0 Å². The summed E-state index contributed by atoms with van der Waals surface area (Å²) in [5, 5.41) is 19.9. The number of hydrogen-bond acceptors (Lipinski definition) is 8. The largest absolute Gasteiger partial charge is 0.382 e. The van der Waals surface area contributed by atoms with Gasteiger partial charge in [-0.25, -0.2) is 4.98 Å². The number of benzene rings is 1. The second-order valence-corrected chi connectivity index (χ2v) is 8.38. The first kappa shape index (κ1) is 20.2. The number of aryl methyl sites for hydroxylation is 1. The Balaban J connectivity index is 1.39. The molecule has 3 N–H and O–H groups in total. The van der Waals surface area contributed by atoms with E-state index < -0.39 is 0 Å². The lowest BCUT2D eigenvalue weighted by Crippen LogP contribution is -2.23. The van der Waals surface area contributed by atoms with Gasteiger partial charge in [-0.3, -0.25) is 4.79 Å². The zero-order chi connectivity index (χ0) is 23.2. The average molecular weight is 473 g/mol. The molecule has 11 nitrogen and oxygen atoms in total. The highest BCUT2D eigenvalue weighted by molar-refractivity contribution is 6.31. The van der Waals surface area contributed by atoms with E-state index in [-0.39, 0.29) is 11.6 Å². The molecular weight excluding hydrogens is 456 g/mol. The molecule has 5 heterocycles. The number of aromatic amines is 1. The summed E-state index contributed by atoms with van der Waals surface area (Å²) in [5.74, 6) is 1.04. The van der Waals surface area contributed by atoms with E-state index in [2.05, 4.69) is 35.7 Å². The maximum absolute atomic E-state index is 13.3. The molecule has 0 fully saturated rings. The van der Waals surface area contributed by atoms with Gasteiger partial charge in [0, 0.05) is 22.3 Å². The van der Waals surface area contributed by atoms with Crippen molar-refractivity contribution in [3.05, 3.63) is 81.9 Å². The van der Waals surface area contributed by atoms with Crippen LogP contribution in [-0.4, -0.2) is 44.9 Å². The Labute approximate surface area is 197 Å². The van der Waals surface area contributed by atoms with Crippen molar-refractivity contribution in [3.63, 3.8) is 0 Å². The predicted molar refractivity (Wildman–Crippen MR) is 124 cm³/mol. The molecule has 0 spiro atoms. The van der Waals surface area contributed by atoms with E-state index in [0.717, 1.165) is 35.3 Å². The molecule has 5 aromatic rings. The maximum atomic E-state index is 13.3. The topological polar surface area (TPSA) is 146 Å². The number of halogens is 1. The molecule has 1 aliphatic heterocycles. The number of rotatable bonds is 4. The fourth-order valence-corrected chi connectivity index (χ4v) is 4.51. The molecule has 0 bridgehead atoms. The monoisotopic (exact) mass is 472 g/mol. The van der Waals surface area contributed by atoms with Gasteiger partial charge in [-0.15, -0.1) is 15.3 Å². The summed E-state index contributed by atoms with van der Waals surface area (Å²) in [5.41, 5.74) is 10.0. The van der Waals surface area contributed by atoms with Gasteiger partial charge in [0.05, 0.1) is 23.6 Å². The third-order valence-corrected chi connectivity index (χ3v) is 6.11. The second kappa shape index (κ2) is 7.89. The quantitative estimate of drug-likeness (QED) is 0.405. The van der Waals surface area contributed by atoms with Crippen molar-refractivity contribution in [1.82, 2.24) is 44.9 Å². The van der Waals surface area contributed by atoms with Gasteiger partial charge in [0.15, 0.2) is 0 Å². The third-order valence-electron chi connectivity index (χ3n) is 5.87. The first-order valence-electron chi connectivity index (χ1n) is 10.5. The van der Waals surface area contributed by atoms with Crippen molar-refractivity contribution in [2.45, 2.75) is 18.9 Å². The minimum Gasteiger partial charge on any atom is -0.382 e. The third kappa shape index (κ3) is 3.42. The molecular formula is C22H17ClN10O. The lowest BCUT2D eigenvalue weighted by atomic mass is 10.0.